The van der Waals surface area contributed by atoms with E-state index in [9.17, 15) is 4.79 Å². The first-order valence-electron chi connectivity index (χ1n) is 4.45. The van der Waals surface area contributed by atoms with Crippen LogP contribution in [0.1, 0.15) is 10.5 Å². The smallest absolute Gasteiger partial charge is 0.276 e. The molecular formula is C10H7BrN4O. The highest BCUT2D eigenvalue weighted by Crippen LogP contribution is 2.08. The van der Waals surface area contributed by atoms with E-state index < -0.39 is 0 Å². The van der Waals surface area contributed by atoms with Gasteiger partial charge in [0.15, 0.2) is 0 Å². The predicted octanol–water partition coefficient (Wildman–Crippen LogP) is 1.89. The Kier molecular flexibility index (Phi) is 3.21. The lowest BCUT2D eigenvalue weighted by atomic mass is 10.3. The van der Waals surface area contributed by atoms with Crippen molar-refractivity contribution in [3.63, 3.8) is 0 Å². The molecule has 0 aliphatic rings. The quantitative estimate of drug-likeness (QED) is 0.911. The van der Waals surface area contributed by atoms with Crippen LogP contribution in [0.15, 0.2) is 41.3 Å². The molecule has 0 atom stereocenters. The molecule has 5 nitrogen and oxygen atoms in total. The van der Waals surface area contributed by atoms with Gasteiger partial charge in [0.05, 0.1) is 0 Å². The number of carbonyl (C=O) groups excluding carboxylic acids is 1. The maximum Gasteiger partial charge on any atom is 0.276 e. The van der Waals surface area contributed by atoms with E-state index in [1.54, 1.807) is 36.8 Å². The Balaban J connectivity index is 2.12. The van der Waals surface area contributed by atoms with Crippen LogP contribution in [0.4, 0.5) is 5.95 Å². The van der Waals surface area contributed by atoms with Gasteiger partial charge in [-0.3, -0.25) is 10.1 Å². The molecule has 0 bridgehead atoms. The molecule has 2 rings (SSSR count). The lowest BCUT2D eigenvalue weighted by Gasteiger charge is -2.01. The third-order valence-corrected chi connectivity index (χ3v) is 2.22. The first-order chi connectivity index (χ1) is 7.75. The monoisotopic (exact) mass is 278 g/mol. The minimum absolute atomic E-state index is 0.261. The average Bonchev–Trinajstić information content (AvgIpc) is 2.31. The minimum Gasteiger partial charge on any atom is -0.289 e. The summed E-state index contributed by atoms with van der Waals surface area (Å²) in [6.07, 6.45) is 4.66. The number of aromatic nitrogens is 3. The van der Waals surface area contributed by atoms with Crippen LogP contribution in [0, 0.1) is 0 Å². The Morgan fingerprint density at radius 2 is 1.94 bits per heavy atom. The van der Waals surface area contributed by atoms with Crippen molar-refractivity contribution >= 4 is 27.8 Å². The number of halogens is 1. The molecule has 0 saturated heterocycles. The highest BCUT2D eigenvalue weighted by molar-refractivity contribution is 9.10. The standard InChI is InChI=1S/C10H7BrN4O/c11-7-2-3-8(14-6-7)9(16)15-10-12-4-1-5-13-10/h1-6H,(H,12,13,15,16). The number of amides is 1. The molecule has 16 heavy (non-hydrogen) atoms. The third kappa shape index (κ3) is 2.60. The van der Waals surface area contributed by atoms with Crippen LogP contribution in [-0.2, 0) is 0 Å². The van der Waals surface area contributed by atoms with E-state index in [-0.39, 0.29) is 11.9 Å². The van der Waals surface area contributed by atoms with Gasteiger partial charge in [0.1, 0.15) is 5.69 Å². The predicted molar refractivity (Wildman–Crippen MR) is 61.9 cm³/mol. The molecule has 0 unspecified atom stereocenters. The summed E-state index contributed by atoms with van der Waals surface area (Å²) in [6.45, 7) is 0. The van der Waals surface area contributed by atoms with Gasteiger partial charge in [0.2, 0.25) is 5.95 Å². The number of carbonyl (C=O) groups is 1. The topological polar surface area (TPSA) is 67.8 Å². The molecule has 80 valence electrons. The first-order valence-corrected chi connectivity index (χ1v) is 5.25. The summed E-state index contributed by atoms with van der Waals surface area (Å²) in [4.78, 5) is 23.4. The molecule has 2 aromatic rings. The number of hydrogen-bond acceptors (Lipinski definition) is 4. The van der Waals surface area contributed by atoms with Crippen molar-refractivity contribution < 1.29 is 4.79 Å². The minimum atomic E-state index is -0.335. The van der Waals surface area contributed by atoms with Gasteiger partial charge in [-0.2, -0.15) is 0 Å². The fourth-order valence-electron chi connectivity index (χ4n) is 1.04. The molecule has 0 saturated carbocycles. The zero-order valence-corrected chi connectivity index (χ0v) is 9.68. The zero-order chi connectivity index (χ0) is 11.4. The molecule has 0 aliphatic carbocycles. The van der Waals surface area contributed by atoms with E-state index in [0.29, 0.717) is 5.69 Å². The van der Waals surface area contributed by atoms with Crippen LogP contribution in [0.2, 0.25) is 0 Å². The van der Waals surface area contributed by atoms with Gasteiger partial charge in [-0.05, 0) is 34.1 Å². The van der Waals surface area contributed by atoms with E-state index in [1.807, 2.05) is 0 Å². The van der Waals surface area contributed by atoms with Crippen LogP contribution < -0.4 is 5.32 Å². The lowest BCUT2D eigenvalue weighted by Crippen LogP contribution is -2.15. The largest absolute Gasteiger partial charge is 0.289 e. The molecule has 0 aromatic carbocycles. The Morgan fingerprint density at radius 3 is 2.56 bits per heavy atom. The van der Waals surface area contributed by atoms with Gasteiger partial charge in [-0.15, -0.1) is 0 Å². The fourth-order valence-corrected chi connectivity index (χ4v) is 1.27. The SMILES string of the molecule is O=C(Nc1ncccn1)c1ccc(Br)cn1. The molecular weight excluding hydrogens is 272 g/mol. The van der Waals surface area contributed by atoms with Crippen LogP contribution in [0.5, 0.6) is 0 Å². The number of pyridine rings is 1. The normalized spacial score (nSPS) is 9.81. The highest BCUT2D eigenvalue weighted by atomic mass is 79.9. The van der Waals surface area contributed by atoms with E-state index in [0.717, 1.165) is 4.47 Å². The van der Waals surface area contributed by atoms with E-state index in [1.165, 1.54) is 0 Å². The van der Waals surface area contributed by atoms with Gasteiger partial charge >= 0.3 is 0 Å². The molecule has 1 N–H and O–H groups in total. The number of nitrogens with one attached hydrogen (secondary N) is 1. The van der Waals surface area contributed by atoms with Crippen molar-refractivity contribution in [1.29, 1.82) is 0 Å². The summed E-state index contributed by atoms with van der Waals surface area (Å²) in [7, 11) is 0. The summed E-state index contributed by atoms with van der Waals surface area (Å²) in [6, 6.07) is 5.03. The molecule has 0 spiro atoms. The molecule has 2 aromatic heterocycles. The van der Waals surface area contributed by atoms with Crippen LogP contribution in [0.25, 0.3) is 0 Å². The highest BCUT2D eigenvalue weighted by Gasteiger charge is 2.07. The Morgan fingerprint density at radius 1 is 1.19 bits per heavy atom. The molecule has 0 aliphatic heterocycles. The average molecular weight is 279 g/mol. The van der Waals surface area contributed by atoms with E-state index in [4.69, 9.17) is 0 Å². The number of nitrogens with zero attached hydrogens (tertiary/aromatic N) is 3. The summed E-state index contributed by atoms with van der Waals surface area (Å²) < 4.78 is 0.819. The Labute approximate surface area is 100 Å². The van der Waals surface area contributed by atoms with Gasteiger partial charge in [-0.25, -0.2) is 15.0 Å². The van der Waals surface area contributed by atoms with E-state index >= 15 is 0 Å². The van der Waals surface area contributed by atoms with Crippen molar-refractivity contribution in [3.8, 4) is 0 Å². The zero-order valence-electron chi connectivity index (χ0n) is 8.09. The van der Waals surface area contributed by atoms with Crippen molar-refractivity contribution in [1.82, 2.24) is 15.0 Å². The molecule has 1 amide bonds. The number of rotatable bonds is 2. The van der Waals surface area contributed by atoms with Crippen LogP contribution in [-0.4, -0.2) is 20.9 Å². The van der Waals surface area contributed by atoms with Gasteiger partial charge in [0, 0.05) is 23.1 Å². The molecule has 2 heterocycles. The van der Waals surface area contributed by atoms with E-state index in [2.05, 4.69) is 36.2 Å². The lowest BCUT2D eigenvalue weighted by molar-refractivity contribution is 0.102. The summed E-state index contributed by atoms with van der Waals surface area (Å²) >= 11 is 3.24. The Bertz CT molecular complexity index is 486. The van der Waals surface area contributed by atoms with Gasteiger partial charge in [-0.1, -0.05) is 0 Å². The van der Waals surface area contributed by atoms with Gasteiger partial charge in [0.25, 0.3) is 5.91 Å². The first kappa shape index (κ1) is 10.7. The van der Waals surface area contributed by atoms with Crippen LogP contribution in [0.3, 0.4) is 0 Å². The van der Waals surface area contributed by atoms with Crippen molar-refractivity contribution in [3.05, 3.63) is 47.0 Å². The second-order valence-corrected chi connectivity index (χ2v) is 3.80. The summed E-state index contributed by atoms with van der Waals surface area (Å²) in [5.74, 6) is -0.0732. The van der Waals surface area contributed by atoms with Crippen molar-refractivity contribution in [2.45, 2.75) is 0 Å². The molecule has 0 fully saturated rings. The maximum absolute atomic E-state index is 11.7. The summed E-state index contributed by atoms with van der Waals surface area (Å²) in [5.41, 5.74) is 0.315. The van der Waals surface area contributed by atoms with Crippen LogP contribution >= 0.6 is 15.9 Å². The molecule has 0 radical (unpaired) electrons. The summed E-state index contributed by atoms with van der Waals surface area (Å²) in [5, 5.41) is 2.54. The number of anilines is 1. The third-order valence-electron chi connectivity index (χ3n) is 1.75. The second-order valence-electron chi connectivity index (χ2n) is 2.89. The number of hydrogen-bond donors (Lipinski definition) is 1. The molecule has 6 heteroatoms. The maximum atomic E-state index is 11.7. The second kappa shape index (κ2) is 4.80. The fraction of sp³-hybridized carbons (Fsp3) is 0. The van der Waals surface area contributed by atoms with Gasteiger partial charge < -0.3 is 0 Å². The van der Waals surface area contributed by atoms with Crippen molar-refractivity contribution in [2.24, 2.45) is 0 Å². The van der Waals surface area contributed by atoms with Crippen molar-refractivity contribution in [2.75, 3.05) is 5.32 Å². The Hall–Kier alpha value is -1.82.